The maximum absolute atomic E-state index is 5.67. The van der Waals surface area contributed by atoms with E-state index in [1.807, 2.05) is 6.92 Å². The summed E-state index contributed by atoms with van der Waals surface area (Å²) in [5.74, 6) is 0.601. The SMILES string of the molecule is CC=CCc1ccc(CCl)cc1. The minimum absolute atomic E-state index is 0.601. The van der Waals surface area contributed by atoms with Gasteiger partial charge in [0.2, 0.25) is 0 Å². The minimum Gasteiger partial charge on any atom is -0.122 e. The van der Waals surface area contributed by atoms with Crippen LogP contribution in [0.25, 0.3) is 0 Å². The van der Waals surface area contributed by atoms with Crippen molar-refractivity contribution in [3.8, 4) is 0 Å². The third-order valence-electron chi connectivity index (χ3n) is 1.77. The number of benzene rings is 1. The summed E-state index contributed by atoms with van der Waals surface area (Å²) in [5, 5.41) is 0. The van der Waals surface area contributed by atoms with E-state index in [0.717, 1.165) is 6.42 Å². The molecule has 0 aliphatic rings. The van der Waals surface area contributed by atoms with Crippen molar-refractivity contribution in [2.24, 2.45) is 0 Å². The number of hydrogen-bond acceptors (Lipinski definition) is 0. The smallest absolute Gasteiger partial charge is 0.0474 e. The largest absolute Gasteiger partial charge is 0.122 e. The molecular formula is C11H13Cl. The molecular weight excluding hydrogens is 168 g/mol. The first-order valence-corrected chi connectivity index (χ1v) is 4.65. The van der Waals surface area contributed by atoms with Crippen LogP contribution in [0, 0.1) is 0 Å². The van der Waals surface area contributed by atoms with Crippen LogP contribution in [0.15, 0.2) is 36.4 Å². The molecule has 12 heavy (non-hydrogen) atoms. The molecule has 1 heteroatoms. The van der Waals surface area contributed by atoms with Crippen molar-refractivity contribution in [1.82, 2.24) is 0 Å². The minimum atomic E-state index is 0.601. The Hall–Kier alpha value is -0.750. The number of allylic oxidation sites excluding steroid dienone is 2. The van der Waals surface area contributed by atoms with Crippen molar-refractivity contribution in [3.63, 3.8) is 0 Å². The van der Waals surface area contributed by atoms with Gasteiger partial charge >= 0.3 is 0 Å². The Kier molecular flexibility index (Phi) is 3.89. The second-order valence-corrected chi connectivity index (χ2v) is 2.99. The topological polar surface area (TPSA) is 0 Å². The first-order valence-electron chi connectivity index (χ1n) is 4.11. The highest BCUT2D eigenvalue weighted by Gasteiger charge is 1.90. The van der Waals surface area contributed by atoms with Crippen molar-refractivity contribution >= 4 is 11.6 Å². The molecule has 0 aromatic heterocycles. The van der Waals surface area contributed by atoms with Crippen LogP contribution in [0.4, 0.5) is 0 Å². The molecule has 0 aliphatic heterocycles. The van der Waals surface area contributed by atoms with Gasteiger partial charge in [0.1, 0.15) is 0 Å². The first-order chi connectivity index (χ1) is 5.86. The normalized spacial score (nSPS) is 10.8. The molecule has 0 radical (unpaired) electrons. The molecule has 0 saturated carbocycles. The van der Waals surface area contributed by atoms with E-state index in [0.29, 0.717) is 5.88 Å². The van der Waals surface area contributed by atoms with Gasteiger partial charge < -0.3 is 0 Å². The lowest BCUT2D eigenvalue weighted by Crippen LogP contribution is -1.82. The van der Waals surface area contributed by atoms with Crippen molar-refractivity contribution in [1.29, 1.82) is 0 Å². The molecule has 1 aromatic carbocycles. The molecule has 0 spiro atoms. The number of halogens is 1. The van der Waals surface area contributed by atoms with E-state index in [1.165, 1.54) is 11.1 Å². The van der Waals surface area contributed by atoms with Gasteiger partial charge in [-0.05, 0) is 24.5 Å². The number of hydrogen-bond donors (Lipinski definition) is 0. The Balaban J connectivity index is 2.64. The summed E-state index contributed by atoms with van der Waals surface area (Å²) in [4.78, 5) is 0. The lowest BCUT2D eigenvalue weighted by atomic mass is 10.1. The number of rotatable bonds is 3. The van der Waals surface area contributed by atoms with Crippen LogP contribution in [0.3, 0.4) is 0 Å². The molecule has 0 unspecified atom stereocenters. The lowest BCUT2D eigenvalue weighted by molar-refractivity contribution is 1.24. The lowest BCUT2D eigenvalue weighted by Gasteiger charge is -1.97. The summed E-state index contributed by atoms with van der Waals surface area (Å²) in [6.45, 7) is 2.03. The van der Waals surface area contributed by atoms with Crippen LogP contribution in [0.2, 0.25) is 0 Å². The summed E-state index contributed by atoms with van der Waals surface area (Å²) >= 11 is 5.67. The highest BCUT2D eigenvalue weighted by Crippen LogP contribution is 2.07. The number of alkyl halides is 1. The molecule has 0 bridgehead atoms. The van der Waals surface area contributed by atoms with Crippen LogP contribution in [-0.4, -0.2) is 0 Å². The van der Waals surface area contributed by atoms with E-state index >= 15 is 0 Å². The van der Waals surface area contributed by atoms with Crippen molar-refractivity contribution < 1.29 is 0 Å². The third-order valence-corrected chi connectivity index (χ3v) is 2.08. The summed E-state index contributed by atoms with van der Waals surface area (Å²) in [6, 6.07) is 8.40. The molecule has 0 heterocycles. The Labute approximate surface area is 78.9 Å². The molecule has 1 aromatic rings. The fourth-order valence-electron chi connectivity index (χ4n) is 1.02. The van der Waals surface area contributed by atoms with Crippen molar-refractivity contribution in [3.05, 3.63) is 47.5 Å². The predicted molar refractivity (Wildman–Crippen MR) is 54.5 cm³/mol. The van der Waals surface area contributed by atoms with Gasteiger partial charge in [-0.3, -0.25) is 0 Å². The maximum Gasteiger partial charge on any atom is 0.0474 e. The molecule has 0 N–H and O–H groups in total. The van der Waals surface area contributed by atoms with Crippen LogP contribution < -0.4 is 0 Å². The average molecular weight is 181 g/mol. The first kappa shape index (κ1) is 9.34. The third kappa shape index (κ3) is 2.71. The molecule has 1 rings (SSSR count). The van der Waals surface area contributed by atoms with Gasteiger partial charge in [-0.2, -0.15) is 0 Å². The summed E-state index contributed by atoms with van der Waals surface area (Å²) < 4.78 is 0. The highest BCUT2D eigenvalue weighted by atomic mass is 35.5. The van der Waals surface area contributed by atoms with Gasteiger partial charge in [0.05, 0.1) is 0 Å². The van der Waals surface area contributed by atoms with E-state index in [4.69, 9.17) is 11.6 Å². The molecule has 0 aliphatic carbocycles. The second kappa shape index (κ2) is 5.00. The fourth-order valence-corrected chi connectivity index (χ4v) is 1.20. The highest BCUT2D eigenvalue weighted by molar-refractivity contribution is 6.17. The van der Waals surface area contributed by atoms with Crippen molar-refractivity contribution in [2.45, 2.75) is 19.2 Å². The van der Waals surface area contributed by atoms with Gasteiger partial charge in [0.25, 0.3) is 0 Å². The molecule has 0 saturated heterocycles. The molecule has 64 valence electrons. The fraction of sp³-hybridized carbons (Fsp3) is 0.273. The van der Waals surface area contributed by atoms with Crippen LogP contribution >= 0.6 is 11.6 Å². The molecule has 0 fully saturated rings. The summed E-state index contributed by atoms with van der Waals surface area (Å²) in [5.41, 5.74) is 2.52. The second-order valence-electron chi connectivity index (χ2n) is 2.72. The average Bonchev–Trinajstić information content (AvgIpc) is 2.15. The maximum atomic E-state index is 5.67. The molecule has 0 amide bonds. The van der Waals surface area contributed by atoms with Gasteiger partial charge in [0, 0.05) is 5.88 Å². The van der Waals surface area contributed by atoms with E-state index in [2.05, 4.69) is 36.4 Å². The summed E-state index contributed by atoms with van der Waals surface area (Å²) in [6.07, 6.45) is 5.23. The van der Waals surface area contributed by atoms with Crippen LogP contribution in [0.5, 0.6) is 0 Å². The van der Waals surface area contributed by atoms with E-state index in [1.54, 1.807) is 0 Å². The van der Waals surface area contributed by atoms with Crippen molar-refractivity contribution in [2.75, 3.05) is 0 Å². The zero-order valence-corrected chi connectivity index (χ0v) is 8.01. The van der Waals surface area contributed by atoms with Gasteiger partial charge in [0.15, 0.2) is 0 Å². The quantitative estimate of drug-likeness (QED) is 0.493. The predicted octanol–water partition coefficient (Wildman–Crippen LogP) is 3.54. The van der Waals surface area contributed by atoms with Gasteiger partial charge in [-0.15, -0.1) is 11.6 Å². The molecule has 0 atom stereocenters. The monoisotopic (exact) mass is 180 g/mol. The Morgan fingerprint density at radius 1 is 1.17 bits per heavy atom. The van der Waals surface area contributed by atoms with Crippen LogP contribution in [-0.2, 0) is 12.3 Å². The molecule has 0 nitrogen and oxygen atoms in total. The van der Waals surface area contributed by atoms with Gasteiger partial charge in [-0.1, -0.05) is 36.4 Å². The standard InChI is InChI=1S/C11H13Cl/c1-2-3-4-10-5-7-11(9-12)8-6-10/h2-3,5-8H,4,9H2,1H3. The summed E-state index contributed by atoms with van der Waals surface area (Å²) in [7, 11) is 0. The Bertz CT molecular complexity index is 246. The van der Waals surface area contributed by atoms with E-state index in [9.17, 15) is 0 Å². The van der Waals surface area contributed by atoms with E-state index in [-0.39, 0.29) is 0 Å². The Morgan fingerprint density at radius 3 is 2.25 bits per heavy atom. The Morgan fingerprint density at radius 2 is 1.75 bits per heavy atom. The van der Waals surface area contributed by atoms with E-state index < -0.39 is 0 Å². The van der Waals surface area contributed by atoms with Gasteiger partial charge in [-0.25, -0.2) is 0 Å². The van der Waals surface area contributed by atoms with Crippen LogP contribution in [0.1, 0.15) is 18.1 Å². The zero-order chi connectivity index (χ0) is 8.81. The zero-order valence-electron chi connectivity index (χ0n) is 7.26.